The van der Waals surface area contributed by atoms with E-state index in [1.54, 1.807) is 20.8 Å². The van der Waals surface area contributed by atoms with Gasteiger partial charge in [-0.25, -0.2) is 8.78 Å². The molecule has 16 heavy (non-hydrogen) atoms. The molecule has 3 heteroatoms. The normalized spacial score (nSPS) is 11.2. The van der Waals surface area contributed by atoms with Gasteiger partial charge in [0.05, 0.1) is 6.07 Å². The molecular weight excluding hydrogens is 208 g/mol. The summed E-state index contributed by atoms with van der Waals surface area (Å²) in [5.74, 6) is -1.05. The van der Waals surface area contributed by atoms with Crippen molar-refractivity contribution >= 4 is 0 Å². The van der Waals surface area contributed by atoms with Crippen molar-refractivity contribution in [1.82, 2.24) is 0 Å². The second kappa shape index (κ2) is 4.61. The van der Waals surface area contributed by atoms with E-state index in [9.17, 15) is 8.78 Å². The van der Waals surface area contributed by atoms with Gasteiger partial charge < -0.3 is 0 Å². The van der Waals surface area contributed by atoms with Crippen molar-refractivity contribution in [3.8, 4) is 6.07 Å². The first-order chi connectivity index (χ1) is 7.36. The Morgan fingerprint density at radius 3 is 2.06 bits per heavy atom. The Kier molecular flexibility index (Phi) is 3.64. The van der Waals surface area contributed by atoms with Crippen LogP contribution >= 0.6 is 0 Å². The van der Waals surface area contributed by atoms with E-state index in [0.717, 1.165) is 0 Å². The molecule has 0 fully saturated rings. The summed E-state index contributed by atoms with van der Waals surface area (Å²) < 4.78 is 27.4. The van der Waals surface area contributed by atoms with E-state index in [2.05, 4.69) is 0 Å². The summed E-state index contributed by atoms with van der Waals surface area (Å²) in [5.41, 5.74) is 0.0832. The minimum atomic E-state index is -0.554. The molecule has 0 bridgehead atoms. The Hall–Kier alpha value is -1.43. The molecule has 0 unspecified atom stereocenters. The summed E-state index contributed by atoms with van der Waals surface area (Å²) in [6.07, 6.45) is 0.655. The van der Waals surface area contributed by atoms with Gasteiger partial charge in [0.1, 0.15) is 11.6 Å². The van der Waals surface area contributed by atoms with Crippen molar-refractivity contribution in [3.05, 3.63) is 34.9 Å². The van der Waals surface area contributed by atoms with E-state index in [1.165, 1.54) is 12.1 Å². The highest BCUT2D eigenvalue weighted by atomic mass is 19.1. The number of benzene rings is 1. The highest BCUT2D eigenvalue weighted by molar-refractivity contribution is 5.31. The summed E-state index contributed by atoms with van der Waals surface area (Å²) in [6.45, 7) is 5.30. The molecule has 1 nitrogen and oxygen atoms in total. The summed E-state index contributed by atoms with van der Waals surface area (Å²) in [5, 5.41) is 8.41. The lowest BCUT2D eigenvalue weighted by molar-refractivity contribution is 0.474. The third-order valence-electron chi connectivity index (χ3n) is 2.38. The van der Waals surface area contributed by atoms with Gasteiger partial charge in [0.15, 0.2) is 0 Å². The maximum atomic E-state index is 13.7. The lowest BCUT2D eigenvalue weighted by Crippen LogP contribution is -2.16. The van der Waals surface area contributed by atoms with Gasteiger partial charge in [-0.2, -0.15) is 5.26 Å². The monoisotopic (exact) mass is 223 g/mol. The number of rotatable bonds is 2. The van der Waals surface area contributed by atoms with Crippen molar-refractivity contribution in [2.75, 3.05) is 0 Å². The van der Waals surface area contributed by atoms with Crippen LogP contribution in [0.5, 0.6) is 0 Å². The molecule has 0 saturated heterocycles. The van der Waals surface area contributed by atoms with Gasteiger partial charge in [0, 0.05) is 12.0 Å². The van der Waals surface area contributed by atoms with Crippen LogP contribution < -0.4 is 0 Å². The number of halogens is 2. The molecule has 0 atom stereocenters. The molecule has 1 aromatic carbocycles. The topological polar surface area (TPSA) is 23.8 Å². The molecule has 0 N–H and O–H groups in total. The van der Waals surface area contributed by atoms with E-state index in [1.807, 2.05) is 6.07 Å². The molecule has 0 spiro atoms. The first-order valence-corrected chi connectivity index (χ1v) is 5.21. The molecule has 1 aromatic rings. The van der Waals surface area contributed by atoms with Crippen LogP contribution in [0.3, 0.4) is 0 Å². The van der Waals surface area contributed by atoms with Gasteiger partial charge in [0.2, 0.25) is 0 Å². The summed E-state index contributed by atoms with van der Waals surface area (Å²) in [4.78, 5) is 0. The Morgan fingerprint density at radius 2 is 1.69 bits per heavy atom. The quantitative estimate of drug-likeness (QED) is 0.749. The zero-order valence-corrected chi connectivity index (χ0v) is 9.77. The fourth-order valence-corrected chi connectivity index (χ4v) is 1.69. The average molecular weight is 223 g/mol. The number of nitriles is 1. The molecule has 0 aromatic heterocycles. The fraction of sp³-hybridized carbons (Fsp3) is 0.462. The first kappa shape index (κ1) is 12.6. The minimum Gasteiger partial charge on any atom is -0.207 e. The minimum absolute atomic E-state index is 0.105. The van der Waals surface area contributed by atoms with Crippen LogP contribution in [0.2, 0.25) is 0 Å². The van der Waals surface area contributed by atoms with Gasteiger partial charge in [-0.1, -0.05) is 20.8 Å². The zero-order valence-electron chi connectivity index (χ0n) is 9.77. The van der Waals surface area contributed by atoms with Crippen molar-refractivity contribution in [1.29, 1.82) is 5.26 Å². The molecule has 0 amide bonds. The maximum absolute atomic E-state index is 13.7. The summed E-state index contributed by atoms with van der Waals surface area (Å²) >= 11 is 0. The lowest BCUT2D eigenvalue weighted by Gasteiger charge is -2.21. The number of hydrogen-bond donors (Lipinski definition) is 0. The Labute approximate surface area is 94.7 Å². The zero-order chi connectivity index (χ0) is 12.3. The van der Waals surface area contributed by atoms with E-state index >= 15 is 0 Å². The van der Waals surface area contributed by atoms with E-state index in [4.69, 9.17) is 5.26 Å². The molecule has 0 aliphatic rings. The Bertz CT molecular complexity index is 402. The first-order valence-electron chi connectivity index (χ1n) is 5.21. The van der Waals surface area contributed by atoms with Gasteiger partial charge in [0.25, 0.3) is 0 Å². The van der Waals surface area contributed by atoms with Crippen LogP contribution in [-0.4, -0.2) is 0 Å². The van der Waals surface area contributed by atoms with Crippen LogP contribution in [0, 0.1) is 23.0 Å². The number of aryl methyl sites for hydroxylation is 1. The van der Waals surface area contributed by atoms with Crippen LogP contribution in [0.15, 0.2) is 12.1 Å². The summed E-state index contributed by atoms with van der Waals surface area (Å²) in [6, 6.07) is 4.60. The van der Waals surface area contributed by atoms with Crippen LogP contribution in [0.1, 0.15) is 38.3 Å². The molecule has 1 rings (SSSR count). The molecule has 0 saturated carbocycles. The standard InChI is InChI=1S/C13H15F2N/c1-13(2,3)12-10(14)7-9(5-4-6-16)8-11(12)15/h7-8H,4-5H2,1-3H3. The van der Waals surface area contributed by atoms with Crippen molar-refractivity contribution < 1.29 is 8.78 Å². The maximum Gasteiger partial charge on any atom is 0.130 e. The third-order valence-corrected chi connectivity index (χ3v) is 2.38. The number of hydrogen-bond acceptors (Lipinski definition) is 1. The van der Waals surface area contributed by atoms with Crippen LogP contribution in [-0.2, 0) is 11.8 Å². The van der Waals surface area contributed by atoms with Gasteiger partial charge in [-0.05, 0) is 29.5 Å². The Morgan fingerprint density at radius 1 is 1.19 bits per heavy atom. The van der Waals surface area contributed by atoms with Gasteiger partial charge in [-0.3, -0.25) is 0 Å². The second-order valence-electron chi connectivity index (χ2n) is 4.84. The smallest absolute Gasteiger partial charge is 0.130 e. The van der Waals surface area contributed by atoms with Crippen molar-refractivity contribution in [3.63, 3.8) is 0 Å². The van der Waals surface area contributed by atoms with Crippen molar-refractivity contribution in [2.24, 2.45) is 0 Å². The van der Waals surface area contributed by atoms with E-state index in [0.29, 0.717) is 12.0 Å². The van der Waals surface area contributed by atoms with Gasteiger partial charge in [-0.15, -0.1) is 0 Å². The largest absolute Gasteiger partial charge is 0.207 e. The molecule has 86 valence electrons. The van der Waals surface area contributed by atoms with Gasteiger partial charge >= 0.3 is 0 Å². The molecule has 0 radical (unpaired) electrons. The molecule has 0 heterocycles. The molecule has 0 aliphatic carbocycles. The highest BCUT2D eigenvalue weighted by Gasteiger charge is 2.23. The predicted octanol–water partition coefficient (Wildman–Crippen LogP) is 3.72. The van der Waals surface area contributed by atoms with E-state index in [-0.39, 0.29) is 12.0 Å². The highest BCUT2D eigenvalue weighted by Crippen LogP contribution is 2.28. The predicted molar refractivity (Wildman–Crippen MR) is 59.0 cm³/mol. The fourth-order valence-electron chi connectivity index (χ4n) is 1.69. The summed E-state index contributed by atoms with van der Waals surface area (Å²) in [7, 11) is 0. The average Bonchev–Trinajstić information content (AvgIpc) is 2.11. The molecule has 0 aliphatic heterocycles. The molecular formula is C13H15F2N. The Balaban J connectivity index is 3.14. The van der Waals surface area contributed by atoms with Crippen LogP contribution in [0.25, 0.3) is 0 Å². The van der Waals surface area contributed by atoms with Crippen LogP contribution in [0.4, 0.5) is 8.78 Å². The number of nitrogens with zero attached hydrogens (tertiary/aromatic N) is 1. The third kappa shape index (κ3) is 2.79. The SMILES string of the molecule is CC(C)(C)c1c(F)cc(CCC#N)cc1F. The lowest BCUT2D eigenvalue weighted by atomic mass is 9.85. The van der Waals surface area contributed by atoms with E-state index < -0.39 is 17.0 Å². The van der Waals surface area contributed by atoms with Crippen molar-refractivity contribution in [2.45, 2.75) is 39.0 Å². The second-order valence-corrected chi connectivity index (χ2v) is 4.84.